The average Bonchev–Trinajstić information content (AvgIpc) is 3.20. The van der Waals surface area contributed by atoms with Crippen LogP contribution in [0.3, 0.4) is 0 Å². The predicted molar refractivity (Wildman–Crippen MR) is 141 cm³/mol. The summed E-state index contributed by atoms with van der Waals surface area (Å²) < 4.78 is 25.8. The summed E-state index contributed by atoms with van der Waals surface area (Å²) in [6.07, 6.45) is 2.51. The van der Waals surface area contributed by atoms with Crippen molar-refractivity contribution in [1.82, 2.24) is 14.1 Å². The minimum absolute atomic E-state index is 0.0288. The number of nitrogens with zero attached hydrogens (tertiary/aromatic N) is 3. The molecule has 0 aliphatic carbocycles. The second kappa shape index (κ2) is 11.6. The summed E-state index contributed by atoms with van der Waals surface area (Å²) in [5.41, 5.74) is 1.99. The van der Waals surface area contributed by atoms with Crippen molar-refractivity contribution in [3.05, 3.63) is 45.8 Å². The zero-order valence-corrected chi connectivity index (χ0v) is 22.9. The van der Waals surface area contributed by atoms with Gasteiger partial charge < -0.3 is 10.2 Å². The van der Waals surface area contributed by atoms with E-state index in [-0.39, 0.29) is 16.7 Å². The van der Waals surface area contributed by atoms with Crippen molar-refractivity contribution in [3.8, 4) is 0 Å². The first-order valence-corrected chi connectivity index (χ1v) is 14.4. The van der Waals surface area contributed by atoms with E-state index in [0.29, 0.717) is 29.2 Å². The van der Waals surface area contributed by atoms with Gasteiger partial charge in [-0.25, -0.2) is 12.7 Å². The van der Waals surface area contributed by atoms with Gasteiger partial charge in [0.15, 0.2) is 0 Å². The Balaban J connectivity index is 1.94. The summed E-state index contributed by atoms with van der Waals surface area (Å²) in [6.45, 7) is 10.2. The van der Waals surface area contributed by atoms with E-state index < -0.39 is 10.0 Å². The minimum Gasteiger partial charge on any atom is -0.339 e. The van der Waals surface area contributed by atoms with Gasteiger partial charge in [0.2, 0.25) is 10.0 Å². The smallest absolute Gasteiger partial charge is 0.257 e. The molecule has 2 aromatic rings. The van der Waals surface area contributed by atoms with E-state index in [1.165, 1.54) is 49.7 Å². The molecule has 0 atom stereocenters. The van der Waals surface area contributed by atoms with Crippen LogP contribution in [0.1, 0.15) is 64.8 Å². The molecule has 0 saturated carbocycles. The molecule has 3 rings (SSSR count). The Morgan fingerprint density at radius 2 is 1.69 bits per heavy atom. The molecule has 8 nitrogen and oxygen atoms in total. The summed E-state index contributed by atoms with van der Waals surface area (Å²) in [7, 11) is -0.647. The highest BCUT2D eigenvalue weighted by molar-refractivity contribution is 7.89. The van der Waals surface area contributed by atoms with Crippen LogP contribution in [0, 0.1) is 0 Å². The van der Waals surface area contributed by atoms with Gasteiger partial charge in [-0.3, -0.25) is 14.5 Å². The highest BCUT2D eigenvalue weighted by atomic mass is 32.2. The van der Waals surface area contributed by atoms with Crippen LogP contribution in [0.4, 0.5) is 5.00 Å². The molecule has 0 spiro atoms. The normalized spacial score (nSPS) is 14.1. The van der Waals surface area contributed by atoms with E-state index in [1.54, 1.807) is 0 Å². The lowest BCUT2D eigenvalue weighted by Gasteiger charge is -2.27. The zero-order chi connectivity index (χ0) is 25.8. The second-order valence-electron chi connectivity index (χ2n) is 8.88. The summed E-state index contributed by atoms with van der Waals surface area (Å²) in [4.78, 5) is 32.3. The van der Waals surface area contributed by atoms with Crippen molar-refractivity contribution in [2.75, 3.05) is 45.6 Å². The standard InChI is InChI=1S/C25H36N4O4S2/c1-6-14-29(15-7-2)25(31)22-20-13-16-28(8-3)17-21(20)34-24(22)26-23(30)18-9-11-19(12-10-18)35(32,33)27(4)5/h9-12H,6-8,13-17H2,1-5H3,(H,26,30). The fourth-order valence-electron chi connectivity index (χ4n) is 4.22. The lowest BCUT2D eigenvalue weighted by atomic mass is 10.0. The Labute approximate surface area is 213 Å². The molecule has 2 amide bonds. The third-order valence-corrected chi connectivity index (χ3v) is 9.15. The molecule has 192 valence electrons. The summed E-state index contributed by atoms with van der Waals surface area (Å²) in [5, 5.41) is 3.55. The zero-order valence-electron chi connectivity index (χ0n) is 21.3. The van der Waals surface area contributed by atoms with Gasteiger partial charge in [0.25, 0.3) is 11.8 Å². The molecule has 0 bridgehead atoms. The number of thiophene rings is 1. The molecule has 1 aromatic heterocycles. The van der Waals surface area contributed by atoms with Crippen LogP contribution in [-0.2, 0) is 23.0 Å². The first-order chi connectivity index (χ1) is 16.6. The van der Waals surface area contributed by atoms with Crippen molar-refractivity contribution in [1.29, 1.82) is 0 Å². The van der Waals surface area contributed by atoms with Gasteiger partial charge in [0.05, 0.1) is 10.5 Å². The maximum absolute atomic E-state index is 13.7. The molecule has 10 heteroatoms. The number of carbonyl (C=O) groups is 2. The Morgan fingerprint density at radius 3 is 2.23 bits per heavy atom. The number of hydrogen-bond donors (Lipinski definition) is 1. The highest BCUT2D eigenvalue weighted by Crippen LogP contribution is 2.38. The Hall–Kier alpha value is -2.27. The molecule has 0 saturated heterocycles. The van der Waals surface area contributed by atoms with Gasteiger partial charge >= 0.3 is 0 Å². The molecule has 1 N–H and O–H groups in total. The Morgan fingerprint density at radius 1 is 1.06 bits per heavy atom. The van der Waals surface area contributed by atoms with Gasteiger partial charge in [-0.15, -0.1) is 11.3 Å². The number of nitrogens with one attached hydrogen (secondary N) is 1. The van der Waals surface area contributed by atoms with Gasteiger partial charge in [0.1, 0.15) is 5.00 Å². The maximum atomic E-state index is 13.7. The molecular formula is C25H36N4O4S2. The number of anilines is 1. The fourth-order valence-corrected chi connectivity index (χ4v) is 6.40. The van der Waals surface area contributed by atoms with Crippen molar-refractivity contribution >= 4 is 38.2 Å². The molecule has 2 heterocycles. The largest absolute Gasteiger partial charge is 0.339 e. The Kier molecular flexibility index (Phi) is 9.09. The monoisotopic (exact) mass is 520 g/mol. The highest BCUT2D eigenvalue weighted by Gasteiger charge is 2.30. The number of sulfonamides is 1. The first kappa shape index (κ1) is 27.3. The number of likely N-dealkylation sites (N-methyl/N-ethyl adjacent to an activating group) is 1. The molecule has 35 heavy (non-hydrogen) atoms. The van der Waals surface area contributed by atoms with Crippen LogP contribution >= 0.6 is 11.3 Å². The lowest BCUT2D eigenvalue weighted by Crippen LogP contribution is -2.35. The van der Waals surface area contributed by atoms with Crippen LogP contribution in [-0.4, -0.2) is 74.6 Å². The van der Waals surface area contributed by atoms with Crippen LogP contribution in [0.5, 0.6) is 0 Å². The van der Waals surface area contributed by atoms with Gasteiger partial charge in [-0.2, -0.15) is 0 Å². The van der Waals surface area contributed by atoms with Crippen LogP contribution in [0.2, 0.25) is 0 Å². The van der Waals surface area contributed by atoms with Crippen molar-refractivity contribution in [2.24, 2.45) is 0 Å². The fraction of sp³-hybridized carbons (Fsp3) is 0.520. The number of fused-ring (bicyclic) bond motifs is 1. The molecule has 1 aliphatic heterocycles. The minimum atomic E-state index is -3.58. The predicted octanol–water partition coefficient (Wildman–Crippen LogP) is 3.89. The topological polar surface area (TPSA) is 90.0 Å². The third-order valence-electron chi connectivity index (χ3n) is 6.19. The van der Waals surface area contributed by atoms with E-state index in [4.69, 9.17) is 0 Å². The number of amides is 2. The summed E-state index contributed by atoms with van der Waals surface area (Å²) in [5.74, 6) is -0.393. The van der Waals surface area contributed by atoms with Gasteiger partial charge in [0, 0.05) is 50.7 Å². The van der Waals surface area contributed by atoms with Gasteiger partial charge in [-0.05, 0) is 55.6 Å². The van der Waals surface area contributed by atoms with Crippen molar-refractivity contribution in [2.45, 2.75) is 51.5 Å². The van der Waals surface area contributed by atoms with Crippen molar-refractivity contribution in [3.63, 3.8) is 0 Å². The number of carbonyl (C=O) groups excluding carboxylic acids is 2. The van der Waals surface area contributed by atoms with Crippen molar-refractivity contribution < 1.29 is 18.0 Å². The molecular weight excluding hydrogens is 484 g/mol. The van der Waals surface area contributed by atoms with E-state index in [2.05, 4.69) is 31.0 Å². The van der Waals surface area contributed by atoms with E-state index >= 15 is 0 Å². The van der Waals surface area contributed by atoms with E-state index in [1.807, 2.05) is 4.90 Å². The third kappa shape index (κ3) is 5.94. The van der Waals surface area contributed by atoms with Gasteiger partial charge in [-0.1, -0.05) is 20.8 Å². The van der Waals surface area contributed by atoms with Crippen LogP contribution in [0.15, 0.2) is 29.2 Å². The molecule has 1 aliphatic rings. The molecule has 0 fully saturated rings. The quantitative estimate of drug-likeness (QED) is 0.513. The first-order valence-electron chi connectivity index (χ1n) is 12.1. The van der Waals surface area contributed by atoms with E-state index in [9.17, 15) is 18.0 Å². The molecule has 1 aromatic carbocycles. The maximum Gasteiger partial charge on any atom is 0.257 e. The number of benzene rings is 1. The average molecular weight is 521 g/mol. The SMILES string of the molecule is CCCN(CCC)C(=O)c1c(NC(=O)c2ccc(S(=O)(=O)N(C)C)cc2)sc2c1CCN(CC)C2. The molecule has 0 unspecified atom stereocenters. The lowest BCUT2D eigenvalue weighted by molar-refractivity contribution is 0.0755. The van der Waals surface area contributed by atoms with E-state index in [0.717, 1.165) is 53.6 Å². The summed E-state index contributed by atoms with van der Waals surface area (Å²) in [6, 6.07) is 5.86. The summed E-state index contributed by atoms with van der Waals surface area (Å²) >= 11 is 1.47. The van der Waals surface area contributed by atoms with Crippen LogP contribution < -0.4 is 5.32 Å². The number of rotatable bonds is 10. The second-order valence-corrected chi connectivity index (χ2v) is 12.1. The van der Waals surface area contributed by atoms with Crippen LogP contribution in [0.25, 0.3) is 0 Å². The number of hydrogen-bond acceptors (Lipinski definition) is 6. The Bertz CT molecular complexity index is 1150. The molecule has 0 radical (unpaired) electrons.